The molecule has 4 rings (SSSR count). The Morgan fingerprint density at radius 3 is 2.25 bits per heavy atom. The van der Waals surface area contributed by atoms with Gasteiger partial charge in [-0.25, -0.2) is 0 Å². The lowest BCUT2D eigenvalue weighted by atomic mass is 10.1. The summed E-state index contributed by atoms with van der Waals surface area (Å²) in [4.78, 5) is 39.2. The summed E-state index contributed by atoms with van der Waals surface area (Å²) in [5.74, 6) is -0.643. The van der Waals surface area contributed by atoms with E-state index in [0.29, 0.717) is 29.3 Å². The summed E-state index contributed by atoms with van der Waals surface area (Å²) in [6.45, 7) is 0.524. The summed E-state index contributed by atoms with van der Waals surface area (Å²) in [5, 5.41) is 5.72. The molecule has 0 radical (unpaired) electrons. The first-order valence-electron chi connectivity index (χ1n) is 11.1. The summed E-state index contributed by atoms with van der Waals surface area (Å²) in [5.41, 5.74) is 7.10. The van der Waals surface area contributed by atoms with Crippen molar-refractivity contribution in [1.29, 1.82) is 0 Å². The number of hydrogen-bond donors (Lipinski definition) is 3. The molecule has 4 N–H and O–H groups in total. The molecule has 0 spiro atoms. The van der Waals surface area contributed by atoms with E-state index in [9.17, 15) is 14.4 Å². The number of amides is 2. The average Bonchev–Trinajstić information content (AvgIpc) is 2.90. The van der Waals surface area contributed by atoms with Crippen LogP contribution in [0.4, 0.5) is 11.4 Å². The van der Waals surface area contributed by atoms with Crippen molar-refractivity contribution in [1.82, 2.24) is 0 Å². The van der Waals surface area contributed by atoms with Gasteiger partial charge in [-0.1, -0.05) is 24.3 Å². The van der Waals surface area contributed by atoms with Crippen molar-refractivity contribution in [3.8, 4) is 11.5 Å². The van der Waals surface area contributed by atoms with E-state index in [4.69, 9.17) is 19.6 Å². The van der Waals surface area contributed by atoms with Gasteiger partial charge in [0.25, 0.3) is 11.8 Å². The number of benzene rings is 3. The van der Waals surface area contributed by atoms with E-state index in [0.717, 1.165) is 18.2 Å². The number of rotatable bonds is 8. The normalized spacial score (nSPS) is 10.6. The smallest absolute Gasteiger partial charge is 0.262 e. The molecule has 0 unspecified atom stereocenters. The number of hydrogen-bond acceptors (Lipinski definition) is 7. The van der Waals surface area contributed by atoms with Gasteiger partial charge >= 0.3 is 0 Å². The van der Waals surface area contributed by atoms with Gasteiger partial charge in [-0.15, -0.1) is 0 Å². The maximum atomic E-state index is 13.2. The Labute approximate surface area is 206 Å². The fourth-order valence-electron chi connectivity index (χ4n) is 3.71. The summed E-state index contributed by atoms with van der Waals surface area (Å²) in [6, 6.07) is 16.8. The minimum Gasteiger partial charge on any atom is -0.493 e. The SMILES string of the molecule is COc1cc(NC(=O)c2coc3ccccc3c2=O)c(C(=O)Nc2ccc(CCN)cc2)cc1OC. The number of nitrogens with one attached hydrogen (secondary N) is 2. The van der Waals surface area contributed by atoms with E-state index in [1.54, 1.807) is 36.4 Å². The summed E-state index contributed by atoms with van der Waals surface area (Å²) >= 11 is 0. The molecule has 0 saturated carbocycles. The molecule has 0 atom stereocenters. The fraction of sp³-hybridized carbons (Fsp3) is 0.148. The van der Waals surface area contributed by atoms with Crippen LogP contribution in [0.5, 0.6) is 11.5 Å². The number of carbonyl (C=O) groups excluding carboxylic acids is 2. The second-order valence-electron chi connectivity index (χ2n) is 7.87. The molecule has 184 valence electrons. The molecule has 0 fully saturated rings. The monoisotopic (exact) mass is 487 g/mol. The molecule has 0 aliphatic heterocycles. The molecular formula is C27H25N3O6. The minimum atomic E-state index is -0.734. The molecule has 0 aliphatic rings. The molecule has 1 aromatic heterocycles. The van der Waals surface area contributed by atoms with Crippen LogP contribution < -0.4 is 31.3 Å². The van der Waals surface area contributed by atoms with Crippen LogP contribution in [0.1, 0.15) is 26.3 Å². The topological polar surface area (TPSA) is 133 Å². The zero-order valence-electron chi connectivity index (χ0n) is 19.8. The predicted molar refractivity (Wildman–Crippen MR) is 137 cm³/mol. The number of anilines is 2. The number of fused-ring (bicyclic) bond motifs is 1. The molecule has 4 aromatic rings. The molecule has 9 nitrogen and oxygen atoms in total. The van der Waals surface area contributed by atoms with Gasteiger partial charge in [0.15, 0.2) is 11.5 Å². The third kappa shape index (κ3) is 5.06. The number of carbonyl (C=O) groups is 2. The molecule has 1 heterocycles. The van der Waals surface area contributed by atoms with Crippen LogP contribution in [0.3, 0.4) is 0 Å². The highest BCUT2D eigenvalue weighted by Gasteiger charge is 2.21. The van der Waals surface area contributed by atoms with Gasteiger partial charge in [-0.2, -0.15) is 0 Å². The van der Waals surface area contributed by atoms with E-state index in [1.807, 2.05) is 12.1 Å². The van der Waals surface area contributed by atoms with E-state index < -0.39 is 17.2 Å². The van der Waals surface area contributed by atoms with Crippen LogP contribution in [-0.2, 0) is 6.42 Å². The quantitative estimate of drug-likeness (QED) is 0.344. The summed E-state index contributed by atoms with van der Waals surface area (Å²) in [7, 11) is 2.87. The molecule has 0 bridgehead atoms. The fourth-order valence-corrected chi connectivity index (χ4v) is 3.71. The molecule has 9 heteroatoms. The molecular weight excluding hydrogens is 462 g/mol. The largest absolute Gasteiger partial charge is 0.493 e. The van der Waals surface area contributed by atoms with Gasteiger partial charge in [0.05, 0.1) is 30.9 Å². The second-order valence-corrected chi connectivity index (χ2v) is 7.87. The zero-order valence-corrected chi connectivity index (χ0v) is 19.8. The van der Waals surface area contributed by atoms with Gasteiger partial charge in [0, 0.05) is 11.8 Å². The van der Waals surface area contributed by atoms with Crippen LogP contribution >= 0.6 is 0 Å². The van der Waals surface area contributed by atoms with Crippen molar-refractivity contribution >= 4 is 34.2 Å². The van der Waals surface area contributed by atoms with Gasteiger partial charge < -0.3 is 30.3 Å². The van der Waals surface area contributed by atoms with Crippen molar-refractivity contribution < 1.29 is 23.5 Å². The first kappa shape index (κ1) is 24.5. The van der Waals surface area contributed by atoms with Crippen molar-refractivity contribution in [2.45, 2.75) is 6.42 Å². The van der Waals surface area contributed by atoms with Crippen molar-refractivity contribution in [3.63, 3.8) is 0 Å². The minimum absolute atomic E-state index is 0.109. The molecule has 0 saturated heterocycles. The first-order chi connectivity index (χ1) is 17.4. The Morgan fingerprint density at radius 2 is 1.56 bits per heavy atom. The lowest BCUT2D eigenvalue weighted by Crippen LogP contribution is -2.23. The average molecular weight is 488 g/mol. The number of ether oxygens (including phenoxy) is 2. The summed E-state index contributed by atoms with van der Waals surface area (Å²) < 4.78 is 16.1. The first-order valence-corrected chi connectivity index (χ1v) is 11.1. The van der Waals surface area contributed by atoms with E-state index in [1.165, 1.54) is 26.4 Å². The molecule has 3 aromatic carbocycles. The van der Waals surface area contributed by atoms with E-state index >= 15 is 0 Å². The van der Waals surface area contributed by atoms with Crippen LogP contribution in [-0.4, -0.2) is 32.6 Å². The Balaban J connectivity index is 1.68. The highest BCUT2D eigenvalue weighted by atomic mass is 16.5. The third-order valence-corrected chi connectivity index (χ3v) is 5.59. The van der Waals surface area contributed by atoms with Gasteiger partial charge in [0.2, 0.25) is 5.43 Å². The highest BCUT2D eigenvalue weighted by Crippen LogP contribution is 2.34. The van der Waals surface area contributed by atoms with Crippen molar-refractivity contribution in [2.75, 3.05) is 31.4 Å². The van der Waals surface area contributed by atoms with Gasteiger partial charge in [0.1, 0.15) is 17.4 Å². The Kier molecular flexibility index (Phi) is 7.31. The number of methoxy groups -OCH3 is 2. The van der Waals surface area contributed by atoms with Gasteiger partial charge in [-0.3, -0.25) is 14.4 Å². The number of para-hydroxylation sites is 1. The van der Waals surface area contributed by atoms with E-state index in [-0.39, 0.29) is 22.2 Å². The van der Waals surface area contributed by atoms with Gasteiger partial charge in [-0.05, 0) is 48.9 Å². The standard InChI is InChI=1S/C27H25N3O6/c1-34-23-13-19(26(32)29-17-9-7-16(8-10-17)11-12-28)21(14-24(23)35-2)30-27(33)20-15-36-22-6-4-3-5-18(22)25(20)31/h3-10,13-15H,11-12,28H2,1-2H3,(H,29,32)(H,30,33). The predicted octanol–water partition coefficient (Wildman–Crippen LogP) is 3.82. The number of nitrogens with two attached hydrogens (primary N) is 1. The Bertz CT molecular complexity index is 1480. The lowest BCUT2D eigenvalue weighted by Gasteiger charge is -2.16. The third-order valence-electron chi connectivity index (χ3n) is 5.59. The van der Waals surface area contributed by atoms with Crippen molar-refractivity contribution in [2.24, 2.45) is 5.73 Å². The summed E-state index contributed by atoms with van der Waals surface area (Å²) in [6.07, 6.45) is 1.83. The van der Waals surface area contributed by atoms with Crippen LogP contribution in [0, 0.1) is 0 Å². The Hall–Kier alpha value is -4.63. The highest BCUT2D eigenvalue weighted by molar-refractivity contribution is 6.13. The second kappa shape index (κ2) is 10.7. The maximum absolute atomic E-state index is 13.2. The van der Waals surface area contributed by atoms with Crippen molar-refractivity contribution in [3.05, 3.63) is 93.8 Å². The van der Waals surface area contributed by atoms with Crippen LogP contribution in [0.2, 0.25) is 0 Å². The van der Waals surface area contributed by atoms with Crippen LogP contribution in [0.25, 0.3) is 11.0 Å². The van der Waals surface area contributed by atoms with Crippen LogP contribution in [0.15, 0.2) is 76.1 Å². The zero-order chi connectivity index (χ0) is 25.7. The van der Waals surface area contributed by atoms with E-state index in [2.05, 4.69) is 10.6 Å². The molecule has 36 heavy (non-hydrogen) atoms. The Morgan fingerprint density at radius 1 is 0.889 bits per heavy atom. The lowest BCUT2D eigenvalue weighted by molar-refractivity contribution is 0.102. The maximum Gasteiger partial charge on any atom is 0.262 e. The molecule has 0 aliphatic carbocycles. The molecule has 2 amide bonds.